The fourth-order valence-electron chi connectivity index (χ4n) is 4.20. The van der Waals surface area contributed by atoms with Gasteiger partial charge in [0.1, 0.15) is 5.60 Å². The highest BCUT2D eigenvalue weighted by molar-refractivity contribution is 7.98. The SMILES string of the molecule is CSc1ncc(Cl)c(C(=O)N2C[C@@H]3[C@H](CO)[C@H]4CNC[C@]3(C2)O4)n1. The second kappa shape index (κ2) is 6.10. The maximum absolute atomic E-state index is 12.9. The Balaban J connectivity index is 1.60. The molecule has 1 spiro atoms. The molecule has 4 atom stereocenters. The van der Waals surface area contributed by atoms with Crippen molar-refractivity contribution in [3.8, 4) is 0 Å². The number of amides is 1. The number of ether oxygens (including phenoxy) is 1. The molecule has 7 nitrogen and oxygen atoms in total. The molecule has 0 radical (unpaired) electrons. The molecule has 0 aliphatic carbocycles. The molecule has 130 valence electrons. The molecule has 9 heteroatoms. The third kappa shape index (κ3) is 2.43. The Morgan fingerprint density at radius 2 is 2.50 bits per heavy atom. The van der Waals surface area contributed by atoms with E-state index in [0.29, 0.717) is 24.8 Å². The van der Waals surface area contributed by atoms with Crippen LogP contribution in [0.3, 0.4) is 0 Å². The molecule has 0 aromatic carbocycles. The first-order valence-corrected chi connectivity index (χ1v) is 9.53. The largest absolute Gasteiger partial charge is 0.396 e. The second-order valence-electron chi connectivity index (χ2n) is 6.54. The van der Waals surface area contributed by atoms with Crippen molar-refractivity contribution in [2.24, 2.45) is 11.8 Å². The first-order chi connectivity index (χ1) is 11.6. The lowest BCUT2D eigenvalue weighted by molar-refractivity contribution is -0.0726. The van der Waals surface area contributed by atoms with Gasteiger partial charge >= 0.3 is 0 Å². The summed E-state index contributed by atoms with van der Waals surface area (Å²) in [6.07, 6.45) is 3.34. The zero-order chi connectivity index (χ0) is 16.9. The number of aliphatic hydroxyl groups is 1. The van der Waals surface area contributed by atoms with Gasteiger partial charge in [-0.3, -0.25) is 4.79 Å². The van der Waals surface area contributed by atoms with Crippen LogP contribution in [0.2, 0.25) is 5.02 Å². The van der Waals surface area contributed by atoms with Crippen LogP contribution < -0.4 is 5.32 Å². The van der Waals surface area contributed by atoms with E-state index in [1.54, 1.807) is 4.90 Å². The minimum Gasteiger partial charge on any atom is -0.396 e. The van der Waals surface area contributed by atoms with Gasteiger partial charge in [-0.1, -0.05) is 23.4 Å². The number of likely N-dealkylation sites (tertiary alicyclic amines) is 1. The molecular formula is C15H19ClN4O3S. The van der Waals surface area contributed by atoms with Gasteiger partial charge in [0.05, 0.1) is 23.9 Å². The molecule has 2 N–H and O–H groups in total. The molecule has 1 amide bonds. The number of nitrogens with zero attached hydrogens (tertiary/aromatic N) is 3. The van der Waals surface area contributed by atoms with Gasteiger partial charge in [-0.05, 0) is 6.26 Å². The van der Waals surface area contributed by atoms with Crippen molar-refractivity contribution in [1.82, 2.24) is 20.2 Å². The smallest absolute Gasteiger partial charge is 0.274 e. The first-order valence-electron chi connectivity index (χ1n) is 7.93. The highest BCUT2D eigenvalue weighted by Gasteiger charge is 2.61. The first kappa shape index (κ1) is 16.5. The van der Waals surface area contributed by atoms with Gasteiger partial charge in [-0.2, -0.15) is 0 Å². The third-order valence-electron chi connectivity index (χ3n) is 5.31. The van der Waals surface area contributed by atoms with E-state index in [9.17, 15) is 9.90 Å². The molecule has 1 aromatic heterocycles. The molecule has 0 saturated carbocycles. The molecule has 4 rings (SSSR count). The van der Waals surface area contributed by atoms with Crippen molar-refractivity contribution in [2.45, 2.75) is 16.9 Å². The molecule has 3 aliphatic rings. The van der Waals surface area contributed by atoms with E-state index in [-0.39, 0.29) is 41.2 Å². The summed E-state index contributed by atoms with van der Waals surface area (Å²) in [5.41, 5.74) is -0.179. The van der Waals surface area contributed by atoms with Crippen LogP contribution in [-0.2, 0) is 4.74 Å². The Kier molecular flexibility index (Phi) is 4.20. The van der Waals surface area contributed by atoms with Crippen LogP contribution in [0, 0.1) is 11.8 Å². The minimum absolute atomic E-state index is 0.0248. The average molecular weight is 371 g/mol. The minimum atomic E-state index is -0.409. The van der Waals surface area contributed by atoms with Gasteiger partial charge in [-0.15, -0.1) is 0 Å². The molecule has 0 unspecified atom stereocenters. The van der Waals surface area contributed by atoms with Gasteiger partial charge in [0.2, 0.25) is 0 Å². The highest BCUT2D eigenvalue weighted by Crippen LogP contribution is 2.47. The van der Waals surface area contributed by atoms with Crippen LogP contribution in [0.15, 0.2) is 11.4 Å². The number of hydrogen-bond acceptors (Lipinski definition) is 7. The Hall–Kier alpha value is -0.930. The average Bonchev–Trinajstić information content (AvgIpc) is 3.03. The Morgan fingerprint density at radius 1 is 1.67 bits per heavy atom. The van der Waals surface area contributed by atoms with Crippen LogP contribution in [0.25, 0.3) is 0 Å². The number of fused-ring (bicyclic) bond motifs is 1. The number of aliphatic hydroxyl groups excluding tert-OH is 1. The zero-order valence-electron chi connectivity index (χ0n) is 13.2. The maximum atomic E-state index is 12.9. The molecule has 2 bridgehead atoms. The second-order valence-corrected chi connectivity index (χ2v) is 7.72. The molecule has 24 heavy (non-hydrogen) atoms. The van der Waals surface area contributed by atoms with Gasteiger partial charge in [-0.25, -0.2) is 9.97 Å². The van der Waals surface area contributed by atoms with E-state index in [1.165, 1.54) is 18.0 Å². The predicted molar refractivity (Wildman–Crippen MR) is 89.3 cm³/mol. The summed E-state index contributed by atoms with van der Waals surface area (Å²) in [7, 11) is 0. The lowest BCUT2D eigenvalue weighted by Crippen LogP contribution is -2.52. The van der Waals surface area contributed by atoms with Gasteiger partial charge in [0.15, 0.2) is 10.9 Å². The number of morpholine rings is 1. The summed E-state index contributed by atoms with van der Waals surface area (Å²) in [4.78, 5) is 23.0. The standard InChI is InChI=1S/C15H19ClN4O3S/c1-24-14-18-2-10(16)12(19-14)13(22)20-4-9-8(5-21)11-3-17-6-15(9,7-20)23-11/h2,8-9,11,17,21H,3-7H2,1H3/t8-,9+,11+,15+/m0/s1. The maximum Gasteiger partial charge on any atom is 0.274 e. The third-order valence-corrected chi connectivity index (χ3v) is 6.15. The monoisotopic (exact) mass is 370 g/mol. The van der Waals surface area contributed by atoms with Crippen molar-refractivity contribution in [2.75, 3.05) is 39.0 Å². The fourth-order valence-corrected chi connectivity index (χ4v) is 4.72. The summed E-state index contributed by atoms with van der Waals surface area (Å²) in [6, 6.07) is 0. The number of thioether (sulfide) groups is 1. The lowest BCUT2D eigenvalue weighted by Gasteiger charge is -2.33. The number of aromatic nitrogens is 2. The predicted octanol–water partition coefficient (Wildman–Crippen LogP) is 0.273. The van der Waals surface area contributed by atoms with Crippen LogP contribution in [0.5, 0.6) is 0 Å². The highest BCUT2D eigenvalue weighted by atomic mass is 35.5. The summed E-state index contributed by atoms with van der Waals surface area (Å²) in [5.74, 6) is -0.0172. The van der Waals surface area contributed by atoms with Gasteiger partial charge in [0, 0.05) is 38.1 Å². The van der Waals surface area contributed by atoms with E-state index in [4.69, 9.17) is 16.3 Å². The summed E-state index contributed by atoms with van der Waals surface area (Å²) in [5, 5.41) is 13.9. The van der Waals surface area contributed by atoms with E-state index >= 15 is 0 Å². The number of halogens is 1. The topological polar surface area (TPSA) is 87.6 Å². The number of hydrogen-bond donors (Lipinski definition) is 2. The summed E-state index contributed by atoms with van der Waals surface area (Å²) < 4.78 is 6.22. The van der Waals surface area contributed by atoms with Crippen LogP contribution in [-0.4, -0.2) is 76.6 Å². The van der Waals surface area contributed by atoms with E-state index < -0.39 is 5.60 Å². The van der Waals surface area contributed by atoms with Crippen LogP contribution in [0.4, 0.5) is 0 Å². The molecule has 3 saturated heterocycles. The zero-order valence-corrected chi connectivity index (χ0v) is 14.8. The Labute approximate surface area is 149 Å². The van der Waals surface area contributed by atoms with Crippen LogP contribution >= 0.6 is 23.4 Å². The lowest BCUT2D eigenvalue weighted by atomic mass is 9.83. The van der Waals surface area contributed by atoms with Crippen molar-refractivity contribution in [3.63, 3.8) is 0 Å². The van der Waals surface area contributed by atoms with E-state index in [2.05, 4.69) is 15.3 Å². The number of rotatable bonds is 3. The van der Waals surface area contributed by atoms with Gasteiger partial charge in [0.25, 0.3) is 5.91 Å². The van der Waals surface area contributed by atoms with Crippen molar-refractivity contribution >= 4 is 29.3 Å². The number of nitrogens with one attached hydrogen (secondary N) is 1. The molecule has 4 heterocycles. The summed E-state index contributed by atoms with van der Waals surface area (Å²) >= 11 is 7.51. The Morgan fingerprint density at radius 3 is 3.25 bits per heavy atom. The van der Waals surface area contributed by atoms with E-state index in [0.717, 1.165) is 6.54 Å². The molecule has 3 fully saturated rings. The normalized spacial score (nSPS) is 34.5. The molecule has 3 aliphatic heterocycles. The molecule has 1 aromatic rings. The summed E-state index contributed by atoms with van der Waals surface area (Å²) in [6.45, 7) is 2.57. The van der Waals surface area contributed by atoms with E-state index in [1.807, 2.05) is 6.26 Å². The number of carbonyl (C=O) groups excluding carboxylic acids is 1. The van der Waals surface area contributed by atoms with Crippen molar-refractivity contribution < 1.29 is 14.6 Å². The number of carbonyl (C=O) groups is 1. The fraction of sp³-hybridized carbons (Fsp3) is 0.667. The molecular weight excluding hydrogens is 352 g/mol. The quantitative estimate of drug-likeness (QED) is 0.583. The Bertz CT molecular complexity index is 678. The van der Waals surface area contributed by atoms with Gasteiger partial charge < -0.3 is 20.1 Å². The van der Waals surface area contributed by atoms with Crippen molar-refractivity contribution in [1.29, 1.82) is 0 Å². The van der Waals surface area contributed by atoms with Crippen LogP contribution in [0.1, 0.15) is 10.5 Å². The van der Waals surface area contributed by atoms with Crippen molar-refractivity contribution in [3.05, 3.63) is 16.9 Å².